The van der Waals surface area contributed by atoms with Gasteiger partial charge in [0.25, 0.3) is 0 Å². The molecule has 0 aliphatic heterocycles. The van der Waals surface area contributed by atoms with Crippen molar-refractivity contribution >= 4 is 34.3 Å². The van der Waals surface area contributed by atoms with E-state index in [4.69, 9.17) is 23.2 Å². The Morgan fingerprint density at radius 1 is 1.43 bits per heavy atom. The van der Waals surface area contributed by atoms with Crippen LogP contribution in [0.3, 0.4) is 0 Å². The minimum atomic E-state index is -0.500. The van der Waals surface area contributed by atoms with Crippen LogP contribution in [0.25, 0.3) is 0 Å². The standard InChI is InChI=1S/C10H11Cl2NO/c1-2-7-13(10(12)14)9-6-4-3-5-8(9)11/h3-6H,2,7H2,1H3. The van der Waals surface area contributed by atoms with Crippen molar-refractivity contribution in [3.8, 4) is 0 Å². The Bertz CT molecular complexity index is 328. The Morgan fingerprint density at radius 3 is 2.57 bits per heavy atom. The van der Waals surface area contributed by atoms with Gasteiger partial charge in [0.1, 0.15) is 0 Å². The van der Waals surface area contributed by atoms with Crippen LogP contribution in [0.5, 0.6) is 0 Å². The van der Waals surface area contributed by atoms with Gasteiger partial charge in [-0.25, -0.2) is 0 Å². The molecule has 0 spiro atoms. The first-order valence-electron chi connectivity index (χ1n) is 4.38. The molecule has 0 heterocycles. The summed E-state index contributed by atoms with van der Waals surface area (Å²) in [6.07, 6.45) is 0.837. The monoisotopic (exact) mass is 231 g/mol. The van der Waals surface area contributed by atoms with E-state index in [-0.39, 0.29) is 0 Å². The molecule has 0 radical (unpaired) electrons. The Morgan fingerprint density at radius 2 is 2.07 bits per heavy atom. The van der Waals surface area contributed by atoms with Gasteiger partial charge in [0, 0.05) is 6.54 Å². The number of amides is 1. The van der Waals surface area contributed by atoms with Gasteiger partial charge in [-0.2, -0.15) is 0 Å². The van der Waals surface area contributed by atoms with E-state index in [2.05, 4.69) is 0 Å². The normalized spacial score (nSPS) is 9.93. The highest BCUT2D eigenvalue weighted by atomic mass is 35.5. The van der Waals surface area contributed by atoms with Crippen molar-refractivity contribution in [3.05, 3.63) is 29.3 Å². The number of anilines is 1. The number of carbonyl (C=O) groups is 1. The molecule has 0 bridgehead atoms. The van der Waals surface area contributed by atoms with E-state index < -0.39 is 5.37 Å². The summed E-state index contributed by atoms with van der Waals surface area (Å²) in [7, 11) is 0. The zero-order chi connectivity index (χ0) is 10.6. The zero-order valence-corrected chi connectivity index (χ0v) is 9.35. The summed E-state index contributed by atoms with van der Waals surface area (Å²) in [5.41, 5.74) is 0.663. The molecule has 0 aliphatic carbocycles. The highest BCUT2D eigenvalue weighted by Gasteiger charge is 2.14. The predicted octanol–water partition coefficient (Wildman–Crippen LogP) is 3.92. The Labute approximate surface area is 93.4 Å². The van der Waals surface area contributed by atoms with E-state index in [0.29, 0.717) is 17.3 Å². The average molecular weight is 232 g/mol. The lowest BCUT2D eigenvalue weighted by Crippen LogP contribution is -2.26. The molecule has 4 heteroatoms. The number of halogens is 2. The number of rotatable bonds is 3. The summed E-state index contributed by atoms with van der Waals surface area (Å²) in [5, 5.41) is 0.0369. The summed E-state index contributed by atoms with van der Waals surface area (Å²) >= 11 is 11.4. The van der Waals surface area contributed by atoms with Crippen LogP contribution in [0, 0.1) is 0 Å². The predicted molar refractivity (Wildman–Crippen MR) is 60.3 cm³/mol. The van der Waals surface area contributed by atoms with Gasteiger partial charge in [0.05, 0.1) is 10.7 Å². The van der Waals surface area contributed by atoms with Crippen molar-refractivity contribution in [2.24, 2.45) is 0 Å². The fraction of sp³-hybridized carbons (Fsp3) is 0.300. The third kappa shape index (κ3) is 2.63. The molecule has 0 saturated carbocycles. The van der Waals surface area contributed by atoms with Gasteiger partial charge in [-0.3, -0.25) is 9.69 Å². The minimum absolute atomic E-state index is 0.500. The fourth-order valence-electron chi connectivity index (χ4n) is 1.20. The van der Waals surface area contributed by atoms with Gasteiger partial charge in [0.15, 0.2) is 0 Å². The molecule has 1 amide bonds. The molecule has 1 aromatic carbocycles. The number of hydrogen-bond donors (Lipinski definition) is 0. The average Bonchev–Trinajstić information content (AvgIpc) is 2.15. The molecular formula is C10H11Cl2NO. The van der Waals surface area contributed by atoms with Gasteiger partial charge in [-0.15, -0.1) is 0 Å². The molecule has 0 fully saturated rings. The third-order valence-corrected chi connectivity index (χ3v) is 2.33. The van der Waals surface area contributed by atoms with E-state index >= 15 is 0 Å². The first-order chi connectivity index (χ1) is 6.66. The van der Waals surface area contributed by atoms with E-state index in [1.165, 1.54) is 4.90 Å². The summed E-state index contributed by atoms with van der Waals surface area (Å²) in [6.45, 7) is 2.55. The maximum Gasteiger partial charge on any atom is 0.320 e. The van der Waals surface area contributed by atoms with Gasteiger partial charge >= 0.3 is 5.37 Å². The summed E-state index contributed by atoms with van der Waals surface area (Å²) in [5.74, 6) is 0. The topological polar surface area (TPSA) is 20.3 Å². The SMILES string of the molecule is CCCN(C(=O)Cl)c1ccccc1Cl. The Hall–Kier alpha value is -0.730. The number of carbonyl (C=O) groups excluding carboxylic acids is 1. The molecule has 0 saturated heterocycles. The number of benzene rings is 1. The maximum atomic E-state index is 11.1. The van der Waals surface area contributed by atoms with Crippen molar-refractivity contribution in [2.75, 3.05) is 11.4 Å². The molecule has 0 atom stereocenters. The fourth-order valence-corrected chi connectivity index (χ4v) is 1.61. The highest BCUT2D eigenvalue weighted by molar-refractivity contribution is 6.66. The van der Waals surface area contributed by atoms with Crippen molar-refractivity contribution in [3.63, 3.8) is 0 Å². The van der Waals surface area contributed by atoms with Crippen LogP contribution in [0.15, 0.2) is 24.3 Å². The molecule has 76 valence electrons. The van der Waals surface area contributed by atoms with E-state index in [9.17, 15) is 4.79 Å². The molecule has 2 nitrogen and oxygen atoms in total. The van der Waals surface area contributed by atoms with Gasteiger partial charge < -0.3 is 0 Å². The number of hydrogen-bond acceptors (Lipinski definition) is 1. The summed E-state index contributed by atoms with van der Waals surface area (Å²) < 4.78 is 0. The quantitative estimate of drug-likeness (QED) is 0.571. The maximum absolute atomic E-state index is 11.1. The van der Waals surface area contributed by atoms with Crippen LogP contribution in [-0.2, 0) is 0 Å². The first-order valence-corrected chi connectivity index (χ1v) is 5.14. The van der Waals surface area contributed by atoms with E-state index in [1.807, 2.05) is 19.1 Å². The van der Waals surface area contributed by atoms with Gasteiger partial charge in [-0.1, -0.05) is 30.7 Å². The second kappa shape index (κ2) is 5.23. The molecule has 0 N–H and O–H groups in total. The second-order valence-electron chi connectivity index (χ2n) is 2.86. The largest absolute Gasteiger partial charge is 0.320 e. The minimum Gasteiger partial charge on any atom is -0.297 e. The lowest BCUT2D eigenvalue weighted by molar-refractivity contribution is 0.264. The van der Waals surface area contributed by atoms with Crippen molar-refractivity contribution in [1.82, 2.24) is 0 Å². The molecule has 1 aromatic rings. The van der Waals surface area contributed by atoms with Crippen molar-refractivity contribution in [2.45, 2.75) is 13.3 Å². The third-order valence-electron chi connectivity index (χ3n) is 1.80. The van der Waals surface area contributed by atoms with Crippen LogP contribution in [0.2, 0.25) is 5.02 Å². The molecular weight excluding hydrogens is 221 g/mol. The molecule has 0 unspecified atom stereocenters. The van der Waals surface area contributed by atoms with Crippen LogP contribution < -0.4 is 4.90 Å². The van der Waals surface area contributed by atoms with Crippen LogP contribution >= 0.6 is 23.2 Å². The Balaban J connectivity index is 2.99. The highest BCUT2D eigenvalue weighted by Crippen LogP contribution is 2.26. The number of para-hydroxylation sites is 1. The summed E-state index contributed by atoms with van der Waals surface area (Å²) in [6, 6.07) is 7.15. The van der Waals surface area contributed by atoms with Gasteiger partial charge in [-0.05, 0) is 30.2 Å². The van der Waals surface area contributed by atoms with E-state index in [0.717, 1.165) is 6.42 Å². The van der Waals surface area contributed by atoms with Crippen molar-refractivity contribution < 1.29 is 4.79 Å². The lowest BCUT2D eigenvalue weighted by atomic mass is 10.3. The second-order valence-corrected chi connectivity index (χ2v) is 3.59. The smallest absolute Gasteiger partial charge is 0.297 e. The van der Waals surface area contributed by atoms with Crippen LogP contribution in [0.4, 0.5) is 10.5 Å². The number of nitrogens with zero attached hydrogens (tertiary/aromatic N) is 1. The van der Waals surface area contributed by atoms with Crippen molar-refractivity contribution in [1.29, 1.82) is 0 Å². The zero-order valence-electron chi connectivity index (χ0n) is 7.84. The molecule has 0 aliphatic rings. The molecule has 14 heavy (non-hydrogen) atoms. The first kappa shape index (κ1) is 11.3. The van der Waals surface area contributed by atoms with Gasteiger partial charge in [0.2, 0.25) is 0 Å². The van der Waals surface area contributed by atoms with Crippen LogP contribution in [0.1, 0.15) is 13.3 Å². The van der Waals surface area contributed by atoms with Crippen LogP contribution in [-0.4, -0.2) is 11.9 Å². The molecule has 1 rings (SSSR count). The Kier molecular flexibility index (Phi) is 4.23. The van der Waals surface area contributed by atoms with E-state index in [1.54, 1.807) is 12.1 Å². The lowest BCUT2D eigenvalue weighted by Gasteiger charge is -2.19. The molecule has 0 aromatic heterocycles. The summed E-state index contributed by atoms with van der Waals surface area (Å²) in [4.78, 5) is 12.6.